The molecule has 166 valence electrons. The smallest absolute Gasteiger partial charge is 0.350 e. The molecule has 4 aromatic rings. The number of carbonyl (C=O) groups is 1. The highest BCUT2D eigenvalue weighted by Gasteiger charge is 2.38. The Morgan fingerprint density at radius 1 is 1.16 bits per heavy atom. The molecule has 4 rings (SSSR count). The van der Waals surface area contributed by atoms with E-state index in [0.717, 1.165) is 17.7 Å². The maximum Gasteiger partial charge on any atom is 0.471 e. The van der Waals surface area contributed by atoms with Gasteiger partial charge in [-0.1, -0.05) is 11.2 Å². The SMILES string of the molecule is Cc1cn(CC(=O)NCc2ccc(F)cc2F)c2ccc(-c3noc(C(F)(F)F)n3)cc12. The lowest BCUT2D eigenvalue weighted by Crippen LogP contribution is -2.27. The molecule has 0 spiro atoms. The minimum Gasteiger partial charge on any atom is -0.350 e. The molecule has 32 heavy (non-hydrogen) atoms. The van der Waals surface area contributed by atoms with Gasteiger partial charge in [0.25, 0.3) is 0 Å². The summed E-state index contributed by atoms with van der Waals surface area (Å²) in [6.07, 6.45) is -3.03. The van der Waals surface area contributed by atoms with Gasteiger partial charge in [-0.05, 0) is 36.8 Å². The van der Waals surface area contributed by atoms with E-state index in [0.29, 0.717) is 16.5 Å². The Balaban J connectivity index is 1.51. The number of rotatable bonds is 5. The monoisotopic (exact) mass is 450 g/mol. The van der Waals surface area contributed by atoms with Crippen molar-refractivity contribution in [1.82, 2.24) is 20.0 Å². The fourth-order valence-electron chi connectivity index (χ4n) is 3.27. The van der Waals surface area contributed by atoms with Gasteiger partial charge in [0.05, 0.1) is 0 Å². The van der Waals surface area contributed by atoms with Gasteiger partial charge in [-0.3, -0.25) is 4.79 Å². The van der Waals surface area contributed by atoms with E-state index >= 15 is 0 Å². The summed E-state index contributed by atoms with van der Waals surface area (Å²) in [7, 11) is 0. The number of nitrogens with zero attached hydrogens (tertiary/aromatic N) is 3. The van der Waals surface area contributed by atoms with Gasteiger partial charge >= 0.3 is 12.1 Å². The van der Waals surface area contributed by atoms with Gasteiger partial charge in [-0.25, -0.2) is 8.78 Å². The number of aryl methyl sites for hydroxylation is 1. The highest BCUT2D eigenvalue weighted by Crippen LogP contribution is 2.31. The van der Waals surface area contributed by atoms with E-state index in [1.54, 1.807) is 29.8 Å². The first kappa shape index (κ1) is 21.5. The molecule has 0 atom stereocenters. The molecule has 1 amide bonds. The first-order valence-corrected chi connectivity index (χ1v) is 9.33. The van der Waals surface area contributed by atoms with Crippen LogP contribution >= 0.6 is 0 Å². The topological polar surface area (TPSA) is 73.0 Å². The van der Waals surface area contributed by atoms with Crippen molar-refractivity contribution < 1.29 is 31.3 Å². The average Bonchev–Trinajstić information content (AvgIpc) is 3.33. The molecule has 0 unspecified atom stereocenters. The van der Waals surface area contributed by atoms with Crippen LogP contribution in [-0.4, -0.2) is 20.6 Å². The Bertz CT molecular complexity index is 1310. The normalized spacial score (nSPS) is 11.8. The van der Waals surface area contributed by atoms with Crippen molar-refractivity contribution in [3.8, 4) is 11.4 Å². The van der Waals surface area contributed by atoms with Crippen LogP contribution in [0.4, 0.5) is 22.0 Å². The Morgan fingerprint density at radius 2 is 1.94 bits per heavy atom. The average molecular weight is 450 g/mol. The van der Waals surface area contributed by atoms with Crippen LogP contribution in [0.15, 0.2) is 47.1 Å². The highest BCUT2D eigenvalue weighted by atomic mass is 19.4. The van der Waals surface area contributed by atoms with E-state index in [4.69, 9.17) is 0 Å². The number of fused-ring (bicyclic) bond motifs is 1. The second-order valence-corrected chi connectivity index (χ2v) is 7.11. The van der Waals surface area contributed by atoms with Crippen molar-refractivity contribution in [2.24, 2.45) is 0 Å². The molecule has 2 heterocycles. The van der Waals surface area contributed by atoms with Gasteiger partial charge in [0.1, 0.15) is 18.2 Å². The van der Waals surface area contributed by atoms with Gasteiger partial charge in [0, 0.05) is 40.8 Å². The van der Waals surface area contributed by atoms with E-state index < -0.39 is 29.6 Å². The lowest BCUT2D eigenvalue weighted by atomic mass is 10.1. The molecular weight excluding hydrogens is 435 g/mol. The Labute approximate surface area is 177 Å². The summed E-state index contributed by atoms with van der Waals surface area (Å²) in [5.74, 6) is -3.50. The molecule has 0 radical (unpaired) electrons. The van der Waals surface area contributed by atoms with Crippen LogP contribution < -0.4 is 5.32 Å². The molecule has 1 N–H and O–H groups in total. The third-order valence-corrected chi connectivity index (χ3v) is 4.81. The number of carbonyl (C=O) groups excluding carboxylic acids is 1. The molecule has 0 aliphatic heterocycles. The van der Waals surface area contributed by atoms with Crippen molar-refractivity contribution in [2.75, 3.05) is 0 Å². The van der Waals surface area contributed by atoms with E-state index in [1.807, 2.05) is 0 Å². The lowest BCUT2D eigenvalue weighted by molar-refractivity contribution is -0.159. The Morgan fingerprint density at radius 3 is 2.62 bits per heavy atom. The zero-order valence-corrected chi connectivity index (χ0v) is 16.5. The number of hydrogen-bond acceptors (Lipinski definition) is 4. The number of benzene rings is 2. The first-order chi connectivity index (χ1) is 15.1. The first-order valence-electron chi connectivity index (χ1n) is 9.33. The quantitative estimate of drug-likeness (QED) is 0.451. The van der Waals surface area contributed by atoms with Crippen molar-refractivity contribution >= 4 is 16.8 Å². The second kappa shape index (κ2) is 8.06. The third kappa shape index (κ3) is 4.32. The van der Waals surface area contributed by atoms with E-state index in [9.17, 15) is 26.7 Å². The zero-order chi connectivity index (χ0) is 23.0. The van der Waals surface area contributed by atoms with Gasteiger partial charge in [0.15, 0.2) is 0 Å². The molecule has 2 aromatic heterocycles. The number of halogens is 5. The van der Waals surface area contributed by atoms with Crippen LogP contribution in [0.5, 0.6) is 0 Å². The molecule has 11 heteroatoms. The van der Waals surface area contributed by atoms with Crippen LogP contribution in [0, 0.1) is 18.6 Å². The zero-order valence-electron chi connectivity index (χ0n) is 16.5. The summed E-state index contributed by atoms with van der Waals surface area (Å²) in [6.45, 7) is 1.60. The number of hydrogen-bond donors (Lipinski definition) is 1. The van der Waals surface area contributed by atoms with E-state index in [1.165, 1.54) is 12.1 Å². The van der Waals surface area contributed by atoms with Gasteiger partial charge in [-0.15, -0.1) is 0 Å². The molecule has 0 aliphatic rings. The predicted molar refractivity (Wildman–Crippen MR) is 103 cm³/mol. The number of amides is 1. The van der Waals surface area contributed by atoms with Gasteiger partial charge in [-0.2, -0.15) is 18.2 Å². The molecule has 2 aromatic carbocycles. The van der Waals surface area contributed by atoms with Crippen molar-refractivity contribution in [3.63, 3.8) is 0 Å². The summed E-state index contributed by atoms with van der Waals surface area (Å²) in [5.41, 5.74) is 1.91. The van der Waals surface area contributed by atoms with Gasteiger partial charge < -0.3 is 14.4 Å². The van der Waals surface area contributed by atoms with Crippen LogP contribution in [0.1, 0.15) is 17.0 Å². The number of nitrogens with one attached hydrogen (secondary N) is 1. The molecule has 6 nitrogen and oxygen atoms in total. The molecule has 0 aliphatic carbocycles. The maximum absolute atomic E-state index is 13.7. The molecule has 0 bridgehead atoms. The minimum absolute atomic E-state index is 0.0765. The molecular formula is C21H15F5N4O2. The Kier molecular flexibility index (Phi) is 5.41. The molecule has 0 saturated heterocycles. The van der Waals surface area contributed by atoms with Crippen molar-refractivity contribution in [3.05, 3.63) is 71.2 Å². The predicted octanol–water partition coefficient (Wildman–Crippen LogP) is 4.61. The van der Waals surface area contributed by atoms with Crippen molar-refractivity contribution in [1.29, 1.82) is 0 Å². The largest absolute Gasteiger partial charge is 0.471 e. The minimum atomic E-state index is -4.74. The fourth-order valence-corrected chi connectivity index (χ4v) is 3.27. The summed E-state index contributed by atoms with van der Waals surface area (Å²) in [5, 5.41) is 6.65. The summed E-state index contributed by atoms with van der Waals surface area (Å²) in [6, 6.07) is 7.86. The lowest BCUT2D eigenvalue weighted by Gasteiger charge is -2.08. The second-order valence-electron chi connectivity index (χ2n) is 7.11. The number of alkyl halides is 3. The standard InChI is InChI=1S/C21H15F5N4O2/c1-11-9-30(10-18(31)27-8-13-2-4-14(22)7-16(13)23)17-5-3-12(6-15(11)17)19-28-20(32-29-19)21(24,25)26/h2-7,9H,8,10H2,1H3,(H,27,31). The van der Waals surface area contributed by atoms with Gasteiger partial charge in [0.2, 0.25) is 11.7 Å². The summed E-state index contributed by atoms with van der Waals surface area (Å²) in [4.78, 5) is 15.7. The highest BCUT2D eigenvalue weighted by molar-refractivity contribution is 5.89. The van der Waals surface area contributed by atoms with Crippen LogP contribution in [0.3, 0.4) is 0 Å². The molecule has 0 fully saturated rings. The summed E-state index contributed by atoms with van der Waals surface area (Å²) >= 11 is 0. The van der Waals surface area contributed by atoms with E-state index in [2.05, 4.69) is 20.0 Å². The van der Waals surface area contributed by atoms with Crippen LogP contribution in [-0.2, 0) is 24.1 Å². The fraction of sp³-hybridized carbons (Fsp3) is 0.190. The third-order valence-electron chi connectivity index (χ3n) is 4.81. The maximum atomic E-state index is 13.7. The summed E-state index contributed by atoms with van der Waals surface area (Å²) < 4.78 is 70.7. The number of aromatic nitrogens is 3. The van der Waals surface area contributed by atoms with Crippen LogP contribution in [0.2, 0.25) is 0 Å². The van der Waals surface area contributed by atoms with Crippen LogP contribution in [0.25, 0.3) is 22.3 Å². The Hall–Kier alpha value is -3.76. The van der Waals surface area contributed by atoms with Crippen molar-refractivity contribution in [2.45, 2.75) is 26.2 Å². The molecule has 0 saturated carbocycles. The van der Waals surface area contributed by atoms with E-state index in [-0.39, 0.29) is 24.5 Å².